The molecule has 1 aliphatic rings. The Hall–Kier alpha value is -3.08. The molecule has 0 bridgehead atoms. The van der Waals surface area contributed by atoms with Crippen molar-refractivity contribution < 1.29 is 19.4 Å². The number of carboxylic acid groups (broad SMARTS) is 1. The van der Waals surface area contributed by atoms with E-state index in [2.05, 4.69) is 18.7 Å². The Morgan fingerprint density at radius 3 is 2.19 bits per heavy atom. The number of carbonyl (C=O) groups excluding carboxylic acids is 1. The van der Waals surface area contributed by atoms with Gasteiger partial charge in [-0.1, -0.05) is 54.6 Å². The van der Waals surface area contributed by atoms with E-state index < -0.39 is 18.1 Å². The van der Waals surface area contributed by atoms with Crippen molar-refractivity contribution in [3.05, 3.63) is 72.3 Å². The molecule has 5 nitrogen and oxygen atoms in total. The van der Waals surface area contributed by atoms with Gasteiger partial charge in [0.2, 0.25) is 0 Å². The van der Waals surface area contributed by atoms with Crippen LogP contribution in [0, 0.1) is 0 Å². The minimum absolute atomic E-state index is 0.0583. The molecule has 1 unspecified atom stereocenters. The van der Waals surface area contributed by atoms with Crippen molar-refractivity contribution in [1.29, 1.82) is 0 Å². The summed E-state index contributed by atoms with van der Waals surface area (Å²) in [5.41, 5.74) is 4.52. The zero-order valence-electron chi connectivity index (χ0n) is 14.6. The first-order valence-corrected chi connectivity index (χ1v) is 8.50. The summed E-state index contributed by atoms with van der Waals surface area (Å²) in [6.45, 7) is 5.31. The second-order valence-electron chi connectivity index (χ2n) is 6.26. The van der Waals surface area contributed by atoms with E-state index in [9.17, 15) is 14.7 Å². The van der Waals surface area contributed by atoms with Gasteiger partial charge in [0, 0.05) is 12.5 Å². The number of carbonyl (C=O) groups is 2. The molecule has 3 rings (SSSR count). The predicted molar refractivity (Wildman–Crippen MR) is 99.1 cm³/mol. The first kappa shape index (κ1) is 17.7. The normalized spacial score (nSPS) is 13.4. The molecule has 2 aromatic rings. The zero-order valence-corrected chi connectivity index (χ0v) is 14.6. The molecular formula is C21H21NO4. The number of rotatable bonds is 6. The molecule has 5 heteroatoms. The fraction of sp³-hybridized carbons (Fsp3) is 0.238. The van der Waals surface area contributed by atoms with E-state index >= 15 is 0 Å². The first-order valence-electron chi connectivity index (χ1n) is 8.50. The molecule has 0 radical (unpaired) electrons. The van der Waals surface area contributed by atoms with Crippen LogP contribution in [0.1, 0.15) is 24.0 Å². The van der Waals surface area contributed by atoms with Gasteiger partial charge in [-0.25, -0.2) is 9.59 Å². The van der Waals surface area contributed by atoms with Crippen LogP contribution in [0.4, 0.5) is 4.79 Å². The van der Waals surface area contributed by atoms with Gasteiger partial charge in [0.1, 0.15) is 12.6 Å². The Kier molecular flexibility index (Phi) is 5.07. The molecule has 1 aliphatic carbocycles. The van der Waals surface area contributed by atoms with E-state index in [4.69, 9.17) is 4.74 Å². The van der Waals surface area contributed by atoms with Gasteiger partial charge in [-0.05, 0) is 29.2 Å². The Morgan fingerprint density at radius 2 is 1.69 bits per heavy atom. The fourth-order valence-electron chi connectivity index (χ4n) is 3.34. The van der Waals surface area contributed by atoms with Gasteiger partial charge in [-0.3, -0.25) is 4.90 Å². The number of carboxylic acids is 1. The van der Waals surface area contributed by atoms with Crippen molar-refractivity contribution in [2.24, 2.45) is 0 Å². The third-order valence-corrected chi connectivity index (χ3v) is 4.72. The van der Waals surface area contributed by atoms with Gasteiger partial charge in [0.25, 0.3) is 0 Å². The Labute approximate surface area is 152 Å². The number of hydrogen-bond donors (Lipinski definition) is 1. The van der Waals surface area contributed by atoms with E-state index in [-0.39, 0.29) is 19.1 Å². The molecule has 134 valence electrons. The Bertz CT molecular complexity index is 800. The molecule has 0 fully saturated rings. The first-order chi connectivity index (χ1) is 12.5. The molecule has 1 N–H and O–H groups in total. The number of nitrogens with zero attached hydrogens (tertiary/aromatic N) is 1. The lowest BCUT2D eigenvalue weighted by molar-refractivity contribution is -0.141. The van der Waals surface area contributed by atoms with E-state index in [1.165, 1.54) is 13.0 Å². The molecule has 0 aliphatic heterocycles. The van der Waals surface area contributed by atoms with Crippen molar-refractivity contribution in [3.63, 3.8) is 0 Å². The zero-order chi connectivity index (χ0) is 18.7. The van der Waals surface area contributed by atoms with Crippen LogP contribution in [-0.2, 0) is 9.53 Å². The predicted octanol–water partition coefficient (Wildman–Crippen LogP) is 3.90. The SMILES string of the molecule is C=CCN(C(=O)OCC1c2ccccc2-c2ccccc21)C(C)C(=O)O. The molecule has 2 aromatic carbocycles. The molecule has 1 atom stereocenters. The lowest BCUT2D eigenvalue weighted by atomic mass is 9.98. The summed E-state index contributed by atoms with van der Waals surface area (Å²) < 4.78 is 5.50. The minimum Gasteiger partial charge on any atom is -0.480 e. The summed E-state index contributed by atoms with van der Waals surface area (Å²) >= 11 is 0. The average molecular weight is 351 g/mol. The lowest BCUT2D eigenvalue weighted by Gasteiger charge is -2.25. The van der Waals surface area contributed by atoms with Gasteiger partial charge in [0.15, 0.2) is 0 Å². The highest BCUT2D eigenvalue weighted by molar-refractivity contribution is 5.81. The fourth-order valence-corrected chi connectivity index (χ4v) is 3.34. The molecule has 0 aromatic heterocycles. The highest BCUT2D eigenvalue weighted by Crippen LogP contribution is 2.44. The van der Waals surface area contributed by atoms with E-state index in [1.54, 1.807) is 0 Å². The smallest absolute Gasteiger partial charge is 0.410 e. The summed E-state index contributed by atoms with van der Waals surface area (Å²) in [7, 11) is 0. The maximum Gasteiger partial charge on any atom is 0.410 e. The van der Waals surface area contributed by atoms with Gasteiger partial charge in [-0.2, -0.15) is 0 Å². The van der Waals surface area contributed by atoms with Crippen molar-refractivity contribution in [2.75, 3.05) is 13.2 Å². The molecule has 0 saturated heterocycles. The second kappa shape index (κ2) is 7.44. The highest BCUT2D eigenvalue weighted by atomic mass is 16.6. The molecular weight excluding hydrogens is 330 g/mol. The van der Waals surface area contributed by atoms with Crippen LogP contribution >= 0.6 is 0 Å². The summed E-state index contributed by atoms with van der Waals surface area (Å²) in [5, 5.41) is 9.18. The standard InChI is InChI=1S/C21H21NO4/c1-3-12-22(14(2)20(23)24)21(25)26-13-19-17-10-6-4-8-15(17)16-9-5-7-11-18(16)19/h3-11,14,19H,1,12-13H2,2H3,(H,23,24). The number of benzene rings is 2. The van der Waals surface area contributed by atoms with Gasteiger partial charge >= 0.3 is 12.1 Å². The van der Waals surface area contributed by atoms with E-state index in [0.29, 0.717) is 0 Å². The van der Waals surface area contributed by atoms with Crippen LogP contribution in [0.2, 0.25) is 0 Å². The number of ether oxygens (including phenoxy) is 1. The van der Waals surface area contributed by atoms with Gasteiger partial charge in [0.05, 0.1) is 0 Å². The minimum atomic E-state index is -1.08. The molecule has 1 amide bonds. The third kappa shape index (κ3) is 3.20. The van der Waals surface area contributed by atoms with Gasteiger partial charge < -0.3 is 9.84 Å². The Morgan fingerprint density at radius 1 is 1.15 bits per heavy atom. The second-order valence-corrected chi connectivity index (χ2v) is 6.26. The van der Waals surface area contributed by atoms with Crippen LogP contribution in [0.3, 0.4) is 0 Å². The van der Waals surface area contributed by atoms with Crippen molar-refractivity contribution >= 4 is 12.1 Å². The number of hydrogen-bond acceptors (Lipinski definition) is 3. The molecule has 0 saturated carbocycles. The van der Waals surface area contributed by atoms with E-state index in [0.717, 1.165) is 27.2 Å². The number of aliphatic carboxylic acids is 1. The number of amides is 1. The van der Waals surface area contributed by atoms with Crippen LogP contribution in [-0.4, -0.2) is 41.3 Å². The maximum atomic E-state index is 12.5. The lowest BCUT2D eigenvalue weighted by Crippen LogP contribution is -2.43. The average Bonchev–Trinajstić information content (AvgIpc) is 2.97. The summed E-state index contributed by atoms with van der Waals surface area (Å²) in [6, 6.07) is 15.1. The topological polar surface area (TPSA) is 66.8 Å². The van der Waals surface area contributed by atoms with Gasteiger partial charge in [-0.15, -0.1) is 6.58 Å². The van der Waals surface area contributed by atoms with Crippen molar-refractivity contribution in [3.8, 4) is 11.1 Å². The Balaban J connectivity index is 1.80. The quantitative estimate of drug-likeness (QED) is 0.802. The van der Waals surface area contributed by atoms with E-state index in [1.807, 2.05) is 36.4 Å². The van der Waals surface area contributed by atoms with Crippen LogP contribution < -0.4 is 0 Å². The molecule has 26 heavy (non-hydrogen) atoms. The van der Waals surface area contributed by atoms with Crippen molar-refractivity contribution in [1.82, 2.24) is 4.90 Å². The maximum absolute atomic E-state index is 12.5. The molecule has 0 heterocycles. The summed E-state index contributed by atoms with van der Waals surface area (Å²) in [5.74, 6) is -1.14. The molecule has 0 spiro atoms. The van der Waals surface area contributed by atoms with Crippen LogP contribution in [0.25, 0.3) is 11.1 Å². The highest BCUT2D eigenvalue weighted by Gasteiger charge is 2.31. The summed E-state index contributed by atoms with van der Waals surface area (Å²) in [4.78, 5) is 24.8. The van der Waals surface area contributed by atoms with Crippen molar-refractivity contribution in [2.45, 2.75) is 18.9 Å². The van der Waals surface area contributed by atoms with Crippen LogP contribution in [0.5, 0.6) is 0 Å². The van der Waals surface area contributed by atoms with Crippen LogP contribution in [0.15, 0.2) is 61.2 Å². The monoisotopic (exact) mass is 351 g/mol. The number of fused-ring (bicyclic) bond motifs is 3. The largest absolute Gasteiger partial charge is 0.480 e. The third-order valence-electron chi connectivity index (χ3n) is 4.72. The summed E-state index contributed by atoms with van der Waals surface area (Å²) in [6.07, 6.45) is 0.836.